The summed E-state index contributed by atoms with van der Waals surface area (Å²) < 4.78 is 11.6. The van der Waals surface area contributed by atoms with Gasteiger partial charge < -0.3 is 19.9 Å². The molecule has 0 aliphatic heterocycles. The second-order valence-electron chi connectivity index (χ2n) is 7.79. The predicted octanol–water partition coefficient (Wildman–Crippen LogP) is 2.46. The van der Waals surface area contributed by atoms with Crippen molar-refractivity contribution in [2.24, 2.45) is 0 Å². The van der Waals surface area contributed by atoms with Gasteiger partial charge in [-0.3, -0.25) is 14.8 Å². The van der Waals surface area contributed by atoms with Gasteiger partial charge in [-0.1, -0.05) is 48.5 Å². The quantitative estimate of drug-likeness (QED) is 0.443. The number of fused-ring (bicyclic) bond motifs is 3. The molecule has 2 aromatic carbocycles. The van der Waals surface area contributed by atoms with Crippen molar-refractivity contribution in [3.05, 3.63) is 72.1 Å². The highest BCUT2D eigenvalue weighted by Gasteiger charge is 2.29. The van der Waals surface area contributed by atoms with E-state index in [1.165, 1.54) is 24.2 Å². The zero-order chi connectivity index (χ0) is 24.1. The molecule has 10 nitrogen and oxygen atoms in total. The lowest BCUT2D eigenvalue weighted by Gasteiger charge is -2.14. The average Bonchev–Trinajstić information content (AvgIpc) is 3.39. The molecule has 1 aliphatic carbocycles. The van der Waals surface area contributed by atoms with Gasteiger partial charge in [-0.2, -0.15) is 5.10 Å². The molecule has 0 saturated carbocycles. The molecule has 1 atom stereocenters. The van der Waals surface area contributed by atoms with Crippen LogP contribution in [0.15, 0.2) is 60.9 Å². The molecular weight excluding hydrogens is 440 g/mol. The molecular formula is C24H24N4O6. The van der Waals surface area contributed by atoms with Crippen molar-refractivity contribution in [1.82, 2.24) is 15.1 Å². The number of methoxy groups -OCH3 is 1. The number of ether oxygens (including phenoxy) is 2. The van der Waals surface area contributed by atoms with Crippen LogP contribution in [0.4, 0.5) is 10.5 Å². The Morgan fingerprint density at radius 2 is 1.74 bits per heavy atom. The lowest BCUT2D eigenvalue weighted by Crippen LogP contribution is -2.45. The van der Waals surface area contributed by atoms with Gasteiger partial charge in [0.2, 0.25) is 5.91 Å². The summed E-state index contributed by atoms with van der Waals surface area (Å²) in [5.41, 5.74) is 4.85. The van der Waals surface area contributed by atoms with Crippen LogP contribution in [0.5, 0.6) is 0 Å². The van der Waals surface area contributed by atoms with Crippen molar-refractivity contribution in [1.29, 1.82) is 0 Å². The Kier molecular flexibility index (Phi) is 6.88. The van der Waals surface area contributed by atoms with Crippen LogP contribution in [0, 0.1) is 0 Å². The van der Waals surface area contributed by atoms with Crippen LogP contribution in [0.1, 0.15) is 17.0 Å². The van der Waals surface area contributed by atoms with E-state index < -0.39 is 24.0 Å². The van der Waals surface area contributed by atoms with Crippen LogP contribution in [0.25, 0.3) is 11.1 Å². The molecule has 0 fully saturated rings. The maximum absolute atomic E-state index is 12.4. The maximum Gasteiger partial charge on any atom is 0.411 e. The summed E-state index contributed by atoms with van der Waals surface area (Å²) in [5.74, 6) is -1.81. The first kappa shape index (κ1) is 23.0. The first-order valence-electron chi connectivity index (χ1n) is 10.6. The molecule has 0 radical (unpaired) electrons. The Labute approximate surface area is 195 Å². The number of hydrogen-bond acceptors (Lipinski definition) is 6. The van der Waals surface area contributed by atoms with Gasteiger partial charge in [-0.05, 0) is 22.3 Å². The van der Waals surface area contributed by atoms with E-state index in [2.05, 4.69) is 27.9 Å². The van der Waals surface area contributed by atoms with E-state index in [-0.39, 0.29) is 25.7 Å². The third-order valence-electron chi connectivity index (χ3n) is 5.50. The maximum atomic E-state index is 12.4. The minimum Gasteiger partial charge on any atom is -0.480 e. The molecule has 1 aromatic heterocycles. The number of nitrogens with one attached hydrogen (secondary N) is 2. The van der Waals surface area contributed by atoms with Crippen molar-refractivity contribution >= 4 is 23.7 Å². The van der Waals surface area contributed by atoms with Crippen molar-refractivity contribution in [3.63, 3.8) is 0 Å². The Hall–Kier alpha value is -4.18. The molecule has 1 aliphatic rings. The summed E-state index contributed by atoms with van der Waals surface area (Å²) in [7, 11) is 1.34. The molecule has 176 valence electrons. The highest BCUT2D eigenvalue weighted by molar-refractivity contribution is 5.85. The lowest BCUT2D eigenvalue weighted by molar-refractivity contribution is -0.143. The zero-order valence-electron chi connectivity index (χ0n) is 18.4. The number of amides is 2. The Morgan fingerprint density at radius 3 is 2.35 bits per heavy atom. The second-order valence-corrected chi connectivity index (χ2v) is 7.79. The number of aromatic nitrogens is 2. The van der Waals surface area contributed by atoms with E-state index in [1.807, 2.05) is 36.4 Å². The number of carbonyl (C=O) groups excluding carboxylic acids is 2. The van der Waals surface area contributed by atoms with E-state index in [4.69, 9.17) is 14.6 Å². The number of carboxylic acids is 1. The molecule has 3 N–H and O–H groups in total. The number of carboxylic acid groups (broad SMARTS) is 1. The van der Waals surface area contributed by atoms with E-state index >= 15 is 0 Å². The zero-order valence-corrected chi connectivity index (χ0v) is 18.4. The van der Waals surface area contributed by atoms with Crippen LogP contribution in [0.3, 0.4) is 0 Å². The smallest absolute Gasteiger partial charge is 0.411 e. The molecule has 4 rings (SSSR count). The molecule has 34 heavy (non-hydrogen) atoms. The van der Waals surface area contributed by atoms with Crippen LogP contribution in [-0.2, 0) is 25.6 Å². The average molecular weight is 464 g/mol. The Balaban J connectivity index is 1.32. The van der Waals surface area contributed by atoms with Crippen LogP contribution >= 0.6 is 0 Å². The summed E-state index contributed by atoms with van der Waals surface area (Å²) in [5, 5.41) is 18.0. The molecule has 0 spiro atoms. The molecule has 1 unspecified atom stereocenters. The normalized spacial score (nSPS) is 13.0. The Morgan fingerprint density at radius 1 is 1.09 bits per heavy atom. The van der Waals surface area contributed by atoms with Gasteiger partial charge in [0, 0.05) is 19.2 Å². The van der Waals surface area contributed by atoms with Gasteiger partial charge in [-0.25, -0.2) is 9.59 Å². The number of anilines is 1. The van der Waals surface area contributed by atoms with Crippen molar-refractivity contribution in [3.8, 4) is 11.1 Å². The first-order valence-corrected chi connectivity index (χ1v) is 10.6. The molecule has 0 bridgehead atoms. The molecule has 1 heterocycles. The third-order valence-corrected chi connectivity index (χ3v) is 5.50. The summed E-state index contributed by atoms with van der Waals surface area (Å²) in [6, 6.07) is 15.0. The number of benzene rings is 2. The summed E-state index contributed by atoms with van der Waals surface area (Å²) in [4.78, 5) is 35.6. The fraction of sp³-hybridized carbons (Fsp3) is 0.250. The first-order chi connectivity index (χ1) is 16.5. The predicted molar refractivity (Wildman–Crippen MR) is 122 cm³/mol. The number of rotatable bonds is 9. The summed E-state index contributed by atoms with van der Waals surface area (Å²) in [6.45, 7) is -0.207. The molecule has 0 saturated heterocycles. The van der Waals surface area contributed by atoms with Gasteiger partial charge in [0.15, 0.2) is 6.04 Å². The fourth-order valence-corrected chi connectivity index (χ4v) is 4.00. The van der Waals surface area contributed by atoms with E-state index in [9.17, 15) is 14.4 Å². The van der Waals surface area contributed by atoms with E-state index in [1.54, 1.807) is 0 Å². The van der Waals surface area contributed by atoms with Crippen LogP contribution < -0.4 is 10.6 Å². The van der Waals surface area contributed by atoms with Gasteiger partial charge in [0.25, 0.3) is 0 Å². The highest BCUT2D eigenvalue weighted by Crippen LogP contribution is 2.44. The molecule has 3 aromatic rings. The number of hydrogen-bond donors (Lipinski definition) is 3. The number of carbonyl (C=O) groups is 3. The standard InChI is InChI=1S/C24H24N4O6/c1-33-14-21(23(30)31)27-22(29)12-28-11-15(10-25-28)26-24(32)34-13-20-18-8-4-2-6-16(18)17-7-3-5-9-19(17)20/h2-11,20-21H,12-14H2,1H3,(H,26,32)(H,27,29)(H,30,31). The third kappa shape index (κ3) is 5.07. The number of nitrogens with zero attached hydrogens (tertiary/aromatic N) is 2. The van der Waals surface area contributed by atoms with Gasteiger partial charge >= 0.3 is 12.1 Å². The number of aliphatic carboxylic acids is 1. The van der Waals surface area contributed by atoms with Gasteiger partial charge in [0.05, 0.1) is 18.5 Å². The van der Waals surface area contributed by atoms with Crippen LogP contribution in [-0.4, -0.2) is 59.2 Å². The SMILES string of the molecule is COCC(NC(=O)Cn1cc(NC(=O)OCC2c3ccccc3-c3ccccc32)cn1)C(=O)O. The van der Waals surface area contributed by atoms with Crippen molar-refractivity contribution in [2.75, 3.05) is 25.6 Å². The lowest BCUT2D eigenvalue weighted by atomic mass is 9.98. The summed E-state index contributed by atoms with van der Waals surface area (Å²) in [6.07, 6.45) is 2.18. The van der Waals surface area contributed by atoms with Gasteiger partial charge in [0.1, 0.15) is 13.2 Å². The Bertz CT molecular complexity index is 1160. The second kappa shape index (κ2) is 10.2. The van der Waals surface area contributed by atoms with E-state index in [0.29, 0.717) is 5.69 Å². The van der Waals surface area contributed by atoms with E-state index in [0.717, 1.165) is 22.3 Å². The minimum absolute atomic E-state index is 0.0566. The summed E-state index contributed by atoms with van der Waals surface area (Å²) >= 11 is 0. The van der Waals surface area contributed by atoms with Crippen LogP contribution in [0.2, 0.25) is 0 Å². The monoisotopic (exact) mass is 464 g/mol. The molecule has 10 heteroatoms. The fourth-order valence-electron chi connectivity index (χ4n) is 4.00. The molecule has 2 amide bonds. The topological polar surface area (TPSA) is 132 Å². The van der Waals surface area contributed by atoms with Crippen molar-refractivity contribution in [2.45, 2.75) is 18.5 Å². The van der Waals surface area contributed by atoms with Crippen molar-refractivity contribution < 1.29 is 29.0 Å². The minimum atomic E-state index is -1.20. The van der Waals surface area contributed by atoms with Gasteiger partial charge in [-0.15, -0.1) is 0 Å². The largest absolute Gasteiger partial charge is 0.480 e. The highest BCUT2D eigenvalue weighted by atomic mass is 16.5.